The van der Waals surface area contributed by atoms with Crippen molar-refractivity contribution in [3.63, 3.8) is 0 Å². The Kier molecular flexibility index (Phi) is 5.55. The lowest BCUT2D eigenvalue weighted by molar-refractivity contribution is -0.122. The van der Waals surface area contributed by atoms with Crippen LogP contribution in [-0.2, 0) is 11.3 Å². The van der Waals surface area contributed by atoms with Crippen LogP contribution in [0.5, 0.6) is 0 Å². The molecule has 1 aromatic rings. The smallest absolute Gasteiger partial charge is 0.223 e. The van der Waals surface area contributed by atoms with Gasteiger partial charge in [0.2, 0.25) is 11.8 Å². The molecule has 1 aliphatic rings. The van der Waals surface area contributed by atoms with Crippen LogP contribution in [-0.4, -0.2) is 22.1 Å². The van der Waals surface area contributed by atoms with E-state index in [1.807, 2.05) is 0 Å². The van der Waals surface area contributed by atoms with Crippen molar-refractivity contribution < 1.29 is 9.32 Å². The molecule has 1 heterocycles. The molecule has 2 rings (SSSR count). The first-order valence-corrected chi connectivity index (χ1v) is 5.96. The molecule has 0 aliphatic heterocycles. The lowest BCUT2D eigenvalue weighted by atomic mass is 10.00. The van der Waals surface area contributed by atoms with Crippen molar-refractivity contribution in [3.05, 3.63) is 11.7 Å². The van der Waals surface area contributed by atoms with Crippen molar-refractivity contribution in [2.75, 3.05) is 0 Å². The minimum Gasteiger partial charge on any atom is -0.349 e. The number of carbonyl (C=O) groups excluding carboxylic acids is 1. The van der Waals surface area contributed by atoms with E-state index in [-0.39, 0.29) is 24.4 Å². The van der Waals surface area contributed by atoms with E-state index >= 15 is 0 Å². The summed E-state index contributed by atoms with van der Waals surface area (Å²) in [6.45, 7) is 2.04. The number of hydrogen-bond donors (Lipinski definition) is 2. The maximum atomic E-state index is 11.7. The van der Waals surface area contributed by atoms with E-state index in [1.165, 1.54) is 0 Å². The Morgan fingerprint density at radius 3 is 2.89 bits per heavy atom. The molecule has 2 atom stereocenters. The Labute approximate surface area is 112 Å². The predicted molar refractivity (Wildman–Crippen MR) is 68.1 cm³/mol. The van der Waals surface area contributed by atoms with Gasteiger partial charge in [-0.2, -0.15) is 4.98 Å². The van der Waals surface area contributed by atoms with E-state index in [0.29, 0.717) is 30.6 Å². The van der Waals surface area contributed by atoms with Gasteiger partial charge in [-0.05, 0) is 18.8 Å². The normalized spacial score (nSPS) is 22.6. The first-order valence-electron chi connectivity index (χ1n) is 5.96. The van der Waals surface area contributed by atoms with Crippen molar-refractivity contribution in [2.24, 2.45) is 11.7 Å². The number of nitrogens with one attached hydrogen (secondary N) is 1. The fraction of sp³-hybridized carbons (Fsp3) is 0.727. The van der Waals surface area contributed by atoms with E-state index in [4.69, 9.17) is 10.3 Å². The maximum Gasteiger partial charge on any atom is 0.223 e. The van der Waals surface area contributed by atoms with Gasteiger partial charge >= 0.3 is 0 Å². The highest BCUT2D eigenvalue weighted by Crippen LogP contribution is 2.26. The average molecular weight is 275 g/mol. The zero-order chi connectivity index (χ0) is 12.3. The fourth-order valence-corrected chi connectivity index (χ4v) is 2.22. The minimum atomic E-state index is 0. The fourth-order valence-electron chi connectivity index (χ4n) is 2.22. The van der Waals surface area contributed by atoms with Gasteiger partial charge in [-0.3, -0.25) is 4.79 Å². The van der Waals surface area contributed by atoms with E-state index in [0.717, 1.165) is 19.3 Å². The molecule has 3 N–H and O–H groups in total. The van der Waals surface area contributed by atoms with Gasteiger partial charge in [-0.15, -0.1) is 12.4 Å². The van der Waals surface area contributed by atoms with Gasteiger partial charge in [0.05, 0.1) is 6.54 Å². The first kappa shape index (κ1) is 14.9. The lowest BCUT2D eigenvalue weighted by Gasteiger charge is -2.14. The summed E-state index contributed by atoms with van der Waals surface area (Å²) >= 11 is 0. The van der Waals surface area contributed by atoms with Gasteiger partial charge in [-0.25, -0.2) is 0 Å². The molecule has 18 heavy (non-hydrogen) atoms. The SMILES string of the molecule is Cc1nc(CNC(=O)C[C@@H]2CCC[C@H]2N)no1.Cl. The van der Waals surface area contributed by atoms with Crippen LogP contribution in [0.3, 0.4) is 0 Å². The molecule has 0 spiro atoms. The molecule has 0 saturated heterocycles. The van der Waals surface area contributed by atoms with Crippen LogP contribution in [0.25, 0.3) is 0 Å². The van der Waals surface area contributed by atoms with Gasteiger partial charge in [-0.1, -0.05) is 11.6 Å². The van der Waals surface area contributed by atoms with Crippen LogP contribution >= 0.6 is 12.4 Å². The third kappa shape index (κ3) is 3.96. The van der Waals surface area contributed by atoms with Gasteiger partial charge in [0.15, 0.2) is 5.82 Å². The van der Waals surface area contributed by atoms with Gasteiger partial charge in [0.1, 0.15) is 0 Å². The number of aromatic nitrogens is 2. The molecule has 6 nitrogen and oxygen atoms in total. The molecule has 0 bridgehead atoms. The number of nitrogens with two attached hydrogens (primary N) is 1. The zero-order valence-corrected chi connectivity index (χ0v) is 11.2. The van der Waals surface area contributed by atoms with E-state index in [1.54, 1.807) is 6.92 Å². The number of carbonyl (C=O) groups is 1. The number of halogens is 1. The molecule has 1 amide bonds. The molecule has 1 aliphatic carbocycles. The van der Waals surface area contributed by atoms with Gasteiger partial charge in [0, 0.05) is 19.4 Å². The molecular weight excluding hydrogens is 256 g/mol. The highest BCUT2D eigenvalue weighted by molar-refractivity contribution is 5.85. The molecule has 1 saturated carbocycles. The van der Waals surface area contributed by atoms with E-state index in [2.05, 4.69) is 15.5 Å². The standard InChI is InChI=1S/C11H18N4O2.ClH/c1-7-14-10(15-17-7)6-13-11(16)5-8-3-2-4-9(8)12;/h8-9H,2-6,12H2,1H3,(H,13,16);1H/t8-,9+;/m0./s1. The molecule has 1 aromatic heterocycles. The molecule has 0 radical (unpaired) electrons. The van der Waals surface area contributed by atoms with Crippen molar-refractivity contribution in [3.8, 4) is 0 Å². The molecule has 1 fully saturated rings. The Hall–Kier alpha value is -1.14. The first-order chi connectivity index (χ1) is 8.15. The van der Waals surface area contributed by atoms with Crippen LogP contribution in [0.2, 0.25) is 0 Å². The summed E-state index contributed by atoms with van der Waals surface area (Å²) in [6, 6.07) is 0.174. The summed E-state index contributed by atoms with van der Waals surface area (Å²) in [5.74, 6) is 1.34. The highest BCUT2D eigenvalue weighted by atomic mass is 35.5. The number of hydrogen-bond acceptors (Lipinski definition) is 5. The summed E-state index contributed by atoms with van der Waals surface area (Å²) in [4.78, 5) is 15.7. The summed E-state index contributed by atoms with van der Waals surface area (Å²) in [5.41, 5.74) is 5.92. The summed E-state index contributed by atoms with van der Waals surface area (Å²) in [7, 11) is 0. The van der Waals surface area contributed by atoms with Gasteiger partial charge in [0.25, 0.3) is 0 Å². The number of aryl methyl sites for hydroxylation is 1. The third-order valence-electron chi connectivity index (χ3n) is 3.18. The van der Waals surface area contributed by atoms with Crippen LogP contribution in [0.4, 0.5) is 0 Å². The summed E-state index contributed by atoms with van der Waals surface area (Å²) < 4.78 is 4.81. The topological polar surface area (TPSA) is 94.0 Å². The van der Waals surface area contributed by atoms with Crippen LogP contribution in [0, 0.1) is 12.8 Å². The Morgan fingerprint density at radius 1 is 1.56 bits per heavy atom. The number of nitrogens with zero attached hydrogens (tertiary/aromatic N) is 2. The largest absolute Gasteiger partial charge is 0.349 e. The average Bonchev–Trinajstić information content (AvgIpc) is 2.86. The molecular formula is C11H19ClN4O2. The summed E-state index contributed by atoms with van der Waals surface area (Å²) in [5, 5.41) is 6.49. The van der Waals surface area contributed by atoms with E-state index < -0.39 is 0 Å². The van der Waals surface area contributed by atoms with Crippen LogP contribution in [0.15, 0.2) is 4.52 Å². The third-order valence-corrected chi connectivity index (χ3v) is 3.18. The Morgan fingerprint density at radius 2 is 2.33 bits per heavy atom. The number of rotatable bonds is 4. The zero-order valence-electron chi connectivity index (χ0n) is 10.4. The van der Waals surface area contributed by atoms with E-state index in [9.17, 15) is 4.79 Å². The maximum absolute atomic E-state index is 11.7. The molecule has 0 aromatic carbocycles. The molecule has 0 unspecified atom stereocenters. The Bertz CT molecular complexity index is 396. The monoisotopic (exact) mass is 274 g/mol. The lowest BCUT2D eigenvalue weighted by Crippen LogP contribution is -2.31. The second kappa shape index (κ2) is 6.70. The molecule has 7 heteroatoms. The quantitative estimate of drug-likeness (QED) is 0.852. The predicted octanol–water partition coefficient (Wildman–Crippen LogP) is 0.934. The van der Waals surface area contributed by atoms with Crippen LogP contribution in [0.1, 0.15) is 37.4 Å². The Balaban J connectivity index is 0.00000162. The van der Waals surface area contributed by atoms with Crippen molar-refractivity contribution >= 4 is 18.3 Å². The summed E-state index contributed by atoms with van der Waals surface area (Å²) in [6.07, 6.45) is 3.71. The minimum absolute atomic E-state index is 0. The molecule has 102 valence electrons. The van der Waals surface area contributed by atoms with Crippen molar-refractivity contribution in [1.29, 1.82) is 0 Å². The number of amides is 1. The second-order valence-corrected chi connectivity index (χ2v) is 4.57. The highest BCUT2D eigenvalue weighted by Gasteiger charge is 2.25. The van der Waals surface area contributed by atoms with Crippen molar-refractivity contribution in [2.45, 2.75) is 45.2 Å². The van der Waals surface area contributed by atoms with Gasteiger partial charge < -0.3 is 15.6 Å². The van der Waals surface area contributed by atoms with Crippen molar-refractivity contribution in [1.82, 2.24) is 15.5 Å². The second-order valence-electron chi connectivity index (χ2n) is 4.57. The van der Waals surface area contributed by atoms with Crippen LogP contribution < -0.4 is 11.1 Å².